The van der Waals surface area contributed by atoms with Crippen molar-refractivity contribution in [1.29, 1.82) is 0 Å². The topological polar surface area (TPSA) is 71.9 Å². The summed E-state index contributed by atoms with van der Waals surface area (Å²) in [7, 11) is 1.67. The van der Waals surface area contributed by atoms with E-state index in [1.54, 1.807) is 37.8 Å². The third-order valence-electron chi connectivity index (χ3n) is 2.84. The SMILES string of the molecule is CN(C(=O)c1cccnc1)c1nnc(-c2ccncc2)s1. The Hall–Kier alpha value is -2.67. The number of aromatic nitrogens is 4. The number of amides is 1. The number of hydrogen-bond acceptors (Lipinski definition) is 6. The van der Waals surface area contributed by atoms with E-state index in [4.69, 9.17) is 0 Å². The molecule has 0 bridgehead atoms. The molecule has 3 heterocycles. The third-order valence-corrected chi connectivity index (χ3v) is 3.89. The second-order valence-electron chi connectivity index (χ2n) is 4.23. The van der Waals surface area contributed by atoms with Crippen molar-refractivity contribution in [3.63, 3.8) is 0 Å². The van der Waals surface area contributed by atoms with Gasteiger partial charge in [0.25, 0.3) is 5.91 Å². The molecule has 3 aromatic rings. The summed E-state index contributed by atoms with van der Waals surface area (Å²) in [6.45, 7) is 0. The average molecular weight is 297 g/mol. The van der Waals surface area contributed by atoms with E-state index in [0.717, 1.165) is 10.6 Å². The zero-order chi connectivity index (χ0) is 14.7. The summed E-state index contributed by atoms with van der Waals surface area (Å²) >= 11 is 1.35. The molecule has 0 atom stereocenters. The fourth-order valence-electron chi connectivity index (χ4n) is 1.73. The number of carbonyl (C=O) groups excluding carboxylic acids is 1. The molecule has 7 heteroatoms. The van der Waals surface area contributed by atoms with Gasteiger partial charge in [-0.15, -0.1) is 10.2 Å². The van der Waals surface area contributed by atoms with Crippen molar-refractivity contribution in [2.45, 2.75) is 0 Å². The molecule has 3 rings (SSSR count). The predicted octanol–water partition coefficient (Wildman–Crippen LogP) is 2.27. The Balaban J connectivity index is 1.85. The molecule has 21 heavy (non-hydrogen) atoms. The van der Waals surface area contributed by atoms with E-state index in [1.807, 2.05) is 12.1 Å². The first-order valence-corrected chi connectivity index (χ1v) is 6.99. The molecule has 0 aliphatic heterocycles. The molecular weight excluding hydrogens is 286 g/mol. The van der Waals surface area contributed by atoms with Crippen molar-refractivity contribution in [2.24, 2.45) is 0 Å². The zero-order valence-electron chi connectivity index (χ0n) is 11.2. The molecule has 0 aliphatic carbocycles. The summed E-state index contributed by atoms with van der Waals surface area (Å²) in [5.41, 5.74) is 1.44. The molecule has 0 saturated heterocycles. The van der Waals surface area contributed by atoms with Crippen molar-refractivity contribution >= 4 is 22.4 Å². The van der Waals surface area contributed by atoms with Gasteiger partial charge in [0.2, 0.25) is 5.13 Å². The first kappa shape index (κ1) is 13.3. The Morgan fingerprint density at radius 3 is 2.62 bits per heavy atom. The van der Waals surface area contributed by atoms with Gasteiger partial charge in [0.15, 0.2) is 0 Å². The largest absolute Gasteiger partial charge is 0.286 e. The molecule has 1 amide bonds. The van der Waals surface area contributed by atoms with Crippen LogP contribution in [0.5, 0.6) is 0 Å². The number of hydrogen-bond donors (Lipinski definition) is 0. The minimum Gasteiger partial charge on any atom is -0.286 e. The average Bonchev–Trinajstić information content (AvgIpc) is 3.05. The predicted molar refractivity (Wildman–Crippen MR) is 80.1 cm³/mol. The first-order chi connectivity index (χ1) is 10.3. The minimum atomic E-state index is -0.166. The highest BCUT2D eigenvalue weighted by molar-refractivity contribution is 7.18. The smallest absolute Gasteiger partial charge is 0.261 e. The Morgan fingerprint density at radius 1 is 1.10 bits per heavy atom. The van der Waals surface area contributed by atoms with Gasteiger partial charge >= 0.3 is 0 Å². The fraction of sp³-hybridized carbons (Fsp3) is 0.0714. The van der Waals surface area contributed by atoms with Crippen molar-refractivity contribution in [3.05, 3.63) is 54.6 Å². The van der Waals surface area contributed by atoms with Crippen LogP contribution >= 0.6 is 11.3 Å². The summed E-state index contributed by atoms with van der Waals surface area (Å²) in [6.07, 6.45) is 6.55. The highest BCUT2D eigenvalue weighted by Gasteiger charge is 2.18. The van der Waals surface area contributed by atoms with Gasteiger partial charge in [0.1, 0.15) is 5.01 Å². The van der Waals surface area contributed by atoms with Crippen LogP contribution in [0.25, 0.3) is 10.6 Å². The maximum absolute atomic E-state index is 12.3. The van der Waals surface area contributed by atoms with Crippen LogP contribution in [0, 0.1) is 0 Å². The first-order valence-electron chi connectivity index (χ1n) is 6.17. The number of anilines is 1. The molecule has 0 aromatic carbocycles. The maximum atomic E-state index is 12.3. The van der Waals surface area contributed by atoms with Gasteiger partial charge in [0.05, 0.1) is 5.56 Å². The Morgan fingerprint density at radius 2 is 1.90 bits per heavy atom. The zero-order valence-corrected chi connectivity index (χ0v) is 12.0. The van der Waals surface area contributed by atoms with Crippen molar-refractivity contribution < 1.29 is 4.79 Å². The van der Waals surface area contributed by atoms with Crippen LogP contribution in [-0.4, -0.2) is 33.1 Å². The van der Waals surface area contributed by atoms with E-state index in [1.165, 1.54) is 22.4 Å². The van der Waals surface area contributed by atoms with Crippen molar-refractivity contribution in [2.75, 3.05) is 11.9 Å². The monoisotopic (exact) mass is 297 g/mol. The number of nitrogens with zero attached hydrogens (tertiary/aromatic N) is 5. The fourth-order valence-corrected chi connectivity index (χ4v) is 2.54. The molecule has 0 aliphatic rings. The molecule has 3 aromatic heterocycles. The van der Waals surface area contributed by atoms with E-state index in [2.05, 4.69) is 20.2 Å². The Bertz CT molecular complexity index is 744. The lowest BCUT2D eigenvalue weighted by atomic mass is 10.2. The standard InChI is InChI=1S/C14H11N5OS/c1-19(13(20)11-3-2-6-16-9-11)14-18-17-12(21-14)10-4-7-15-8-5-10/h2-9H,1H3. The van der Waals surface area contributed by atoms with Gasteiger partial charge in [-0.05, 0) is 24.3 Å². The number of rotatable bonds is 3. The third kappa shape index (κ3) is 2.77. The minimum absolute atomic E-state index is 0.166. The van der Waals surface area contributed by atoms with Crippen LogP contribution < -0.4 is 4.90 Å². The highest BCUT2D eigenvalue weighted by Crippen LogP contribution is 2.28. The van der Waals surface area contributed by atoms with Crippen LogP contribution in [0.3, 0.4) is 0 Å². The summed E-state index contributed by atoms with van der Waals surface area (Å²) < 4.78 is 0. The van der Waals surface area contributed by atoms with Gasteiger partial charge in [0, 0.05) is 37.4 Å². The Kier molecular flexibility index (Phi) is 3.65. The van der Waals surface area contributed by atoms with Gasteiger partial charge in [-0.1, -0.05) is 11.3 Å². The van der Waals surface area contributed by atoms with Crippen molar-refractivity contribution in [3.8, 4) is 10.6 Å². The van der Waals surface area contributed by atoms with Gasteiger partial charge in [-0.2, -0.15) is 0 Å². The quantitative estimate of drug-likeness (QED) is 0.741. The number of carbonyl (C=O) groups is 1. The Labute approximate surface area is 125 Å². The molecule has 0 radical (unpaired) electrons. The normalized spacial score (nSPS) is 10.3. The van der Waals surface area contributed by atoms with Crippen molar-refractivity contribution in [1.82, 2.24) is 20.2 Å². The lowest BCUT2D eigenvalue weighted by molar-refractivity contribution is 0.0992. The van der Waals surface area contributed by atoms with Gasteiger partial charge < -0.3 is 0 Å². The van der Waals surface area contributed by atoms with Crippen LogP contribution in [-0.2, 0) is 0 Å². The van der Waals surface area contributed by atoms with E-state index in [0.29, 0.717) is 10.7 Å². The molecule has 0 unspecified atom stereocenters. The molecule has 0 saturated carbocycles. The van der Waals surface area contributed by atoms with Crippen LogP contribution in [0.2, 0.25) is 0 Å². The lowest BCUT2D eigenvalue weighted by Gasteiger charge is -2.12. The summed E-state index contributed by atoms with van der Waals surface area (Å²) in [4.78, 5) is 21.7. The number of pyridine rings is 2. The molecule has 0 fully saturated rings. The second-order valence-corrected chi connectivity index (χ2v) is 5.19. The maximum Gasteiger partial charge on any atom is 0.261 e. The summed E-state index contributed by atoms with van der Waals surface area (Å²) in [6, 6.07) is 7.15. The molecular formula is C14H11N5OS. The summed E-state index contributed by atoms with van der Waals surface area (Å²) in [5.74, 6) is -0.166. The van der Waals surface area contributed by atoms with E-state index in [-0.39, 0.29) is 5.91 Å². The highest BCUT2D eigenvalue weighted by atomic mass is 32.1. The van der Waals surface area contributed by atoms with Gasteiger partial charge in [-0.25, -0.2) is 0 Å². The summed E-state index contributed by atoms with van der Waals surface area (Å²) in [5, 5.41) is 9.47. The van der Waals surface area contributed by atoms with Gasteiger partial charge in [-0.3, -0.25) is 19.7 Å². The van der Waals surface area contributed by atoms with E-state index < -0.39 is 0 Å². The molecule has 0 spiro atoms. The van der Waals surface area contributed by atoms with Crippen LogP contribution in [0.4, 0.5) is 5.13 Å². The molecule has 0 N–H and O–H groups in total. The second kappa shape index (κ2) is 5.76. The lowest BCUT2D eigenvalue weighted by Crippen LogP contribution is -2.26. The van der Waals surface area contributed by atoms with Crippen LogP contribution in [0.1, 0.15) is 10.4 Å². The van der Waals surface area contributed by atoms with Crippen LogP contribution in [0.15, 0.2) is 49.1 Å². The molecule has 6 nitrogen and oxygen atoms in total. The molecule has 104 valence electrons. The van der Waals surface area contributed by atoms with E-state index >= 15 is 0 Å². The van der Waals surface area contributed by atoms with E-state index in [9.17, 15) is 4.79 Å².